The summed E-state index contributed by atoms with van der Waals surface area (Å²) in [5, 5.41) is 21.5. The highest BCUT2D eigenvalue weighted by Crippen LogP contribution is 2.38. The van der Waals surface area contributed by atoms with E-state index < -0.39 is 24.5 Å². The molecule has 0 radical (unpaired) electrons. The van der Waals surface area contributed by atoms with Crippen LogP contribution in [-0.4, -0.2) is 82.5 Å². The van der Waals surface area contributed by atoms with Crippen molar-refractivity contribution in [3.05, 3.63) is 42.2 Å². The van der Waals surface area contributed by atoms with E-state index in [0.717, 1.165) is 48.5 Å². The van der Waals surface area contributed by atoms with Crippen LogP contribution in [0.4, 0.5) is 5.82 Å². The van der Waals surface area contributed by atoms with Crippen LogP contribution in [-0.2, 0) is 11.2 Å². The number of aliphatic hydroxyl groups excluding tert-OH is 2. The third-order valence-electron chi connectivity index (χ3n) is 9.22. The maximum Gasteiger partial charge on any atom is 0.167 e. The maximum atomic E-state index is 10.8. The molecule has 2 saturated carbocycles. The Morgan fingerprint density at radius 1 is 1.15 bits per heavy atom. The number of aliphatic hydroxyl groups is 2. The first-order valence-electron chi connectivity index (χ1n) is 14.1. The minimum absolute atomic E-state index is 0.265. The molecule has 5 N–H and O–H groups in total. The van der Waals surface area contributed by atoms with Crippen molar-refractivity contribution in [3.8, 4) is 0 Å². The second-order valence-corrected chi connectivity index (χ2v) is 11.7. The monoisotopic (exact) mass is 532 g/mol. The molecule has 3 aliphatic rings. The third kappa shape index (κ3) is 4.47. The molecular weight excluding hydrogens is 496 g/mol. The SMILES string of the molecule is CN(C[C@H]1O[C@@H](n2cnc3c(N)ncnc32)[C@H](O)[C@@H]1O)[C@H]1C[C@H](CCc2nc3cc(C4CCC4)ccc3[nH]2)C1. The molecule has 0 bridgehead atoms. The summed E-state index contributed by atoms with van der Waals surface area (Å²) in [5.41, 5.74) is 10.5. The quantitative estimate of drug-likeness (QED) is 0.268. The average Bonchev–Trinajstić information content (AvgIpc) is 3.54. The number of rotatable bonds is 8. The number of hydrogen-bond donors (Lipinski definition) is 4. The zero-order chi connectivity index (χ0) is 26.7. The van der Waals surface area contributed by atoms with Crippen LogP contribution < -0.4 is 5.73 Å². The van der Waals surface area contributed by atoms with Crippen molar-refractivity contribution in [2.75, 3.05) is 19.3 Å². The number of nitrogen functional groups attached to an aromatic ring is 1. The van der Waals surface area contributed by atoms with Crippen LogP contribution in [0.25, 0.3) is 22.2 Å². The van der Waals surface area contributed by atoms with Gasteiger partial charge in [0.25, 0.3) is 0 Å². The van der Waals surface area contributed by atoms with Gasteiger partial charge in [0.2, 0.25) is 0 Å². The van der Waals surface area contributed by atoms with Gasteiger partial charge in [-0.1, -0.05) is 12.5 Å². The maximum absolute atomic E-state index is 10.8. The Kier molecular flexibility index (Phi) is 6.26. The molecule has 4 aromatic rings. The van der Waals surface area contributed by atoms with Crippen molar-refractivity contribution in [1.29, 1.82) is 0 Å². The lowest BCUT2D eigenvalue weighted by molar-refractivity contribution is -0.0514. The number of imidazole rings is 2. The minimum Gasteiger partial charge on any atom is -0.387 e. The average molecular weight is 533 g/mol. The van der Waals surface area contributed by atoms with Gasteiger partial charge < -0.3 is 30.6 Å². The molecule has 11 nitrogen and oxygen atoms in total. The van der Waals surface area contributed by atoms with E-state index in [0.29, 0.717) is 29.7 Å². The summed E-state index contributed by atoms with van der Waals surface area (Å²) < 4.78 is 7.75. The number of hydrogen-bond acceptors (Lipinski definition) is 9. The highest BCUT2D eigenvalue weighted by molar-refractivity contribution is 5.81. The first-order valence-corrected chi connectivity index (χ1v) is 14.1. The van der Waals surface area contributed by atoms with Gasteiger partial charge in [0.05, 0.1) is 17.4 Å². The van der Waals surface area contributed by atoms with Crippen molar-refractivity contribution in [3.63, 3.8) is 0 Å². The van der Waals surface area contributed by atoms with Crippen LogP contribution in [0.3, 0.4) is 0 Å². The number of H-pyrrole nitrogens is 1. The molecule has 4 heterocycles. The Balaban J connectivity index is 0.915. The van der Waals surface area contributed by atoms with Gasteiger partial charge in [-0.05, 0) is 68.7 Å². The van der Waals surface area contributed by atoms with Gasteiger partial charge in [-0.25, -0.2) is 19.9 Å². The van der Waals surface area contributed by atoms with Crippen LogP contribution >= 0.6 is 0 Å². The van der Waals surface area contributed by atoms with E-state index >= 15 is 0 Å². The van der Waals surface area contributed by atoms with Gasteiger partial charge in [-0.15, -0.1) is 0 Å². The number of nitrogens with zero attached hydrogens (tertiary/aromatic N) is 6. The predicted octanol–water partition coefficient (Wildman–Crippen LogP) is 2.51. The fourth-order valence-electron chi connectivity index (χ4n) is 6.43. The van der Waals surface area contributed by atoms with Crippen molar-refractivity contribution >= 4 is 28.0 Å². The number of aromatic nitrogens is 6. The summed E-state index contributed by atoms with van der Waals surface area (Å²) >= 11 is 0. The topological polar surface area (TPSA) is 151 Å². The molecule has 4 atom stereocenters. The number of fused-ring (bicyclic) bond motifs is 2. The first kappa shape index (κ1) is 24.9. The minimum atomic E-state index is -1.10. The van der Waals surface area contributed by atoms with E-state index in [1.54, 1.807) is 4.57 Å². The zero-order valence-electron chi connectivity index (χ0n) is 22.1. The molecule has 3 fully saturated rings. The highest BCUT2D eigenvalue weighted by Gasteiger charge is 2.45. The van der Waals surface area contributed by atoms with Crippen molar-refractivity contribution in [1.82, 2.24) is 34.4 Å². The number of benzene rings is 1. The first-order chi connectivity index (χ1) is 18.9. The summed E-state index contributed by atoms with van der Waals surface area (Å²) in [7, 11) is 2.07. The number of ether oxygens (including phenoxy) is 1. The second-order valence-electron chi connectivity index (χ2n) is 11.7. The number of aryl methyl sites for hydroxylation is 1. The summed E-state index contributed by atoms with van der Waals surface area (Å²) in [6, 6.07) is 7.15. The van der Waals surface area contributed by atoms with Gasteiger partial charge in [0.15, 0.2) is 17.7 Å². The third-order valence-corrected chi connectivity index (χ3v) is 9.22. The Morgan fingerprint density at radius 2 is 2.00 bits per heavy atom. The molecule has 39 heavy (non-hydrogen) atoms. The van der Waals surface area contributed by atoms with E-state index in [9.17, 15) is 10.2 Å². The van der Waals surface area contributed by atoms with Crippen molar-refractivity contribution in [2.45, 2.75) is 81.4 Å². The van der Waals surface area contributed by atoms with Gasteiger partial charge in [0, 0.05) is 19.0 Å². The van der Waals surface area contributed by atoms with Crippen LogP contribution in [0.5, 0.6) is 0 Å². The van der Waals surface area contributed by atoms with Gasteiger partial charge in [0.1, 0.15) is 36.0 Å². The molecule has 3 aromatic heterocycles. The number of aromatic amines is 1. The standard InChI is InChI=1S/C28H36N8O3/c1-35(12-21-24(37)25(38)28(39-21)36-14-32-23-26(29)30-13-31-27(23)36)18-9-15(10-18)5-8-22-33-19-7-6-17(11-20(19)34-22)16-3-2-4-16/h6-7,11,13-16,18,21,24-25,28,37-38H,2-5,8-10,12H2,1H3,(H,33,34)(H2,29,30,31)/t15-,18-,21-,24-,25-,28-/m1/s1. The zero-order valence-corrected chi connectivity index (χ0v) is 22.1. The molecular formula is C28H36N8O3. The Labute approximate surface area is 226 Å². The van der Waals surface area contributed by atoms with Crippen LogP contribution in [0.15, 0.2) is 30.9 Å². The van der Waals surface area contributed by atoms with E-state index in [-0.39, 0.29) is 5.82 Å². The smallest absolute Gasteiger partial charge is 0.167 e. The fourth-order valence-corrected chi connectivity index (χ4v) is 6.43. The predicted molar refractivity (Wildman–Crippen MR) is 146 cm³/mol. The number of nitrogens with two attached hydrogens (primary N) is 1. The molecule has 1 aromatic carbocycles. The molecule has 206 valence electrons. The fraction of sp³-hybridized carbons (Fsp3) is 0.571. The number of anilines is 1. The number of nitrogens with one attached hydrogen (secondary N) is 1. The van der Waals surface area contributed by atoms with E-state index in [1.165, 1.54) is 37.5 Å². The lowest BCUT2D eigenvalue weighted by atomic mass is 9.76. The molecule has 1 aliphatic heterocycles. The summed E-state index contributed by atoms with van der Waals surface area (Å²) in [4.78, 5) is 23.1. The molecule has 11 heteroatoms. The van der Waals surface area contributed by atoms with E-state index in [4.69, 9.17) is 15.5 Å². The van der Waals surface area contributed by atoms with Crippen LogP contribution in [0, 0.1) is 5.92 Å². The second kappa shape index (κ2) is 9.81. The van der Waals surface area contributed by atoms with Gasteiger partial charge >= 0.3 is 0 Å². The molecule has 0 spiro atoms. The van der Waals surface area contributed by atoms with Crippen molar-refractivity contribution < 1.29 is 14.9 Å². The summed E-state index contributed by atoms with van der Waals surface area (Å²) in [5.74, 6) is 2.73. The number of likely N-dealkylation sites (N-methyl/N-ethyl adjacent to an activating group) is 1. The lowest BCUT2D eigenvalue weighted by Gasteiger charge is -2.42. The lowest BCUT2D eigenvalue weighted by Crippen LogP contribution is -2.47. The van der Waals surface area contributed by atoms with Crippen LogP contribution in [0.1, 0.15) is 62.1 Å². The summed E-state index contributed by atoms with van der Waals surface area (Å²) in [6.45, 7) is 0.531. The highest BCUT2D eigenvalue weighted by atomic mass is 16.6. The Hall–Kier alpha value is -3.12. The van der Waals surface area contributed by atoms with Crippen molar-refractivity contribution in [2.24, 2.45) is 5.92 Å². The largest absolute Gasteiger partial charge is 0.387 e. The van der Waals surface area contributed by atoms with Crippen LogP contribution in [0.2, 0.25) is 0 Å². The Morgan fingerprint density at radius 3 is 2.79 bits per heavy atom. The van der Waals surface area contributed by atoms with E-state index in [1.807, 2.05) is 0 Å². The molecule has 0 unspecified atom stereocenters. The summed E-state index contributed by atoms with van der Waals surface area (Å²) in [6.07, 6.45) is 7.70. The molecule has 1 saturated heterocycles. The molecule has 2 aliphatic carbocycles. The molecule has 7 rings (SSSR count). The normalized spacial score (nSPS) is 29.3. The Bertz CT molecular complexity index is 1480. The van der Waals surface area contributed by atoms with Gasteiger partial charge in [-0.3, -0.25) is 4.57 Å². The molecule has 0 amide bonds. The van der Waals surface area contributed by atoms with Gasteiger partial charge in [-0.2, -0.15) is 0 Å². The van der Waals surface area contributed by atoms with E-state index in [2.05, 4.69) is 50.1 Å².